The molecule has 3 aromatic rings. The van der Waals surface area contributed by atoms with Crippen molar-refractivity contribution in [1.82, 2.24) is 19.5 Å². The van der Waals surface area contributed by atoms with Crippen LogP contribution in [-0.2, 0) is 16.1 Å². The number of imidazole rings is 1. The Kier molecular flexibility index (Phi) is 4.79. The molecule has 1 aliphatic heterocycles. The summed E-state index contributed by atoms with van der Waals surface area (Å²) < 4.78 is 6.97. The van der Waals surface area contributed by atoms with Crippen molar-refractivity contribution < 1.29 is 14.6 Å². The van der Waals surface area contributed by atoms with Crippen LogP contribution in [-0.4, -0.2) is 56.8 Å². The molecule has 1 aliphatic rings. The smallest absolute Gasteiger partial charge is 0.246 e. The topological polar surface area (TPSA) is 80.0 Å². The standard InChI is InChI=1S/C18H18N4O3S/c23-12-15-20-22-14(6-7-16(24)21-8-10-25-11-9-21)17(19-18(22)26-15)13-4-2-1-3-5-13/h1-7,23H,8-12H2. The molecular weight excluding hydrogens is 352 g/mol. The van der Waals surface area contributed by atoms with Crippen molar-refractivity contribution in [2.24, 2.45) is 0 Å². The van der Waals surface area contributed by atoms with Gasteiger partial charge in [-0.05, 0) is 6.08 Å². The number of carbonyl (C=O) groups excluding carboxylic acids is 1. The summed E-state index contributed by atoms with van der Waals surface area (Å²) in [4.78, 5) is 19.5. The molecule has 1 saturated heterocycles. The SMILES string of the molecule is O=C(C=Cc1c(-c2ccccc2)nc2sc(CO)nn12)N1CCOCC1. The number of aromatic nitrogens is 3. The first-order chi connectivity index (χ1) is 12.8. The van der Waals surface area contributed by atoms with Gasteiger partial charge in [-0.3, -0.25) is 4.79 Å². The summed E-state index contributed by atoms with van der Waals surface area (Å²) in [6.07, 6.45) is 3.31. The Morgan fingerprint density at radius 2 is 2.04 bits per heavy atom. The van der Waals surface area contributed by atoms with Crippen molar-refractivity contribution in [2.45, 2.75) is 6.61 Å². The van der Waals surface area contributed by atoms with Gasteiger partial charge in [0.15, 0.2) is 0 Å². The molecule has 26 heavy (non-hydrogen) atoms. The van der Waals surface area contributed by atoms with Gasteiger partial charge >= 0.3 is 0 Å². The predicted octanol–water partition coefficient (Wildman–Crippen LogP) is 1.82. The normalized spacial score (nSPS) is 15.2. The molecule has 1 N–H and O–H groups in total. The maximum Gasteiger partial charge on any atom is 0.246 e. The van der Waals surface area contributed by atoms with Crippen molar-refractivity contribution in [3.63, 3.8) is 0 Å². The van der Waals surface area contributed by atoms with Crippen LogP contribution in [0.5, 0.6) is 0 Å². The summed E-state index contributed by atoms with van der Waals surface area (Å²) in [6, 6.07) is 9.78. The van der Waals surface area contributed by atoms with E-state index in [9.17, 15) is 9.90 Å². The molecule has 0 radical (unpaired) electrons. The van der Waals surface area contributed by atoms with Gasteiger partial charge in [0, 0.05) is 24.7 Å². The zero-order chi connectivity index (χ0) is 17.9. The van der Waals surface area contributed by atoms with Gasteiger partial charge in [0.05, 0.1) is 31.2 Å². The van der Waals surface area contributed by atoms with Gasteiger partial charge in [-0.25, -0.2) is 9.50 Å². The number of nitrogens with zero attached hydrogens (tertiary/aromatic N) is 4. The van der Waals surface area contributed by atoms with Gasteiger partial charge in [-0.2, -0.15) is 5.10 Å². The number of fused-ring (bicyclic) bond motifs is 1. The molecule has 4 rings (SSSR count). The summed E-state index contributed by atoms with van der Waals surface area (Å²) in [5, 5.41) is 14.3. The molecule has 3 heterocycles. The Morgan fingerprint density at radius 3 is 2.77 bits per heavy atom. The summed E-state index contributed by atoms with van der Waals surface area (Å²) >= 11 is 1.33. The van der Waals surface area contributed by atoms with Crippen molar-refractivity contribution in [1.29, 1.82) is 0 Å². The van der Waals surface area contributed by atoms with E-state index >= 15 is 0 Å². The maximum atomic E-state index is 12.4. The second kappa shape index (κ2) is 7.36. The van der Waals surface area contributed by atoms with Crippen molar-refractivity contribution in [2.75, 3.05) is 26.3 Å². The van der Waals surface area contributed by atoms with Crippen LogP contribution < -0.4 is 0 Å². The van der Waals surface area contributed by atoms with Gasteiger partial charge in [0.1, 0.15) is 5.01 Å². The molecular formula is C18H18N4O3S. The first-order valence-corrected chi connectivity index (χ1v) is 9.17. The lowest BCUT2D eigenvalue weighted by Crippen LogP contribution is -2.39. The molecule has 0 bridgehead atoms. The molecule has 7 nitrogen and oxygen atoms in total. The zero-order valence-electron chi connectivity index (χ0n) is 14.0. The van der Waals surface area contributed by atoms with Gasteiger partial charge in [-0.1, -0.05) is 41.7 Å². The van der Waals surface area contributed by atoms with Crippen LogP contribution in [0.15, 0.2) is 36.4 Å². The van der Waals surface area contributed by atoms with Crippen LogP contribution in [0.2, 0.25) is 0 Å². The van der Waals surface area contributed by atoms with Crippen LogP contribution in [0.4, 0.5) is 0 Å². The highest BCUT2D eigenvalue weighted by Gasteiger charge is 2.18. The number of hydrogen-bond acceptors (Lipinski definition) is 6. The number of aliphatic hydroxyl groups excluding tert-OH is 1. The van der Waals surface area contributed by atoms with Crippen molar-refractivity contribution in [3.8, 4) is 11.3 Å². The molecule has 0 unspecified atom stereocenters. The monoisotopic (exact) mass is 370 g/mol. The number of carbonyl (C=O) groups is 1. The average molecular weight is 370 g/mol. The molecule has 134 valence electrons. The average Bonchev–Trinajstić information content (AvgIpc) is 3.25. The van der Waals surface area contributed by atoms with E-state index < -0.39 is 0 Å². The minimum absolute atomic E-state index is 0.0557. The number of amides is 1. The summed E-state index contributed by atoms with van der Waals surface area (Å²) in [5.74, 6) is -0.0557. The lowest BCUT2D eigenvalue weighted by molar-refractivity contribution is -0.129. The quantitative estimate of drug-likeness (QED) is 0.709. The minimum Gasteiger partial charge on any atom is -0.389 e. The Morgan fingerprint density at radius 1 is 1.27 bits per heavy atom. The molecule has 0 saturated carbocycles. The van der Waals surface area contributed by atoms with E-state index in [2.05, 4.69) is 10.1 Å². The van der Waals surface area contributed by atoms with Crippen LogP contribution in [0.1, 0.15) is 10.7 Å². The van der Waals surface area contributed by atoms with Crippen LogP contribution in [0.3, 0.4) is 0 Å². The Balaban J connectivity index is 1.72. The van der Waals surface area contributed by atoms with Gasteiger partial charge in [-0.15, -0.1) is 0 Å². The number of aliphatic hydroxyl groups is 1. The van der Waals surface area contributed by atoms with E-state index in [1.165, 1.54) is 11.3 Å². The predicted molar refractivity (Wildman–Crippen MR) is 98.7 cm³/mol. The first-order valence-electron chi connectivity index (χ1n) is 8.35. The van der Waals surface area contributed by atoms with Crippen LogP contribution >= 0.6 is 11.3 Å². The van der Waals surface area contributed by atoms with E-state index in [0.717, 1.165) is 17.0 Å². The molecule has 2 aromatic heterocycles. The van der Waals surface area contributed by atoms with Gasteiger partial charge < -0.3 is 14.7 Å². The molecule has 8 heteroatoms. The summed E-state index contributed by atoms with van der Waals surface area (Å²) in [7, 11) is 0. The number of hydrogen-bond donors (Lipinski definition) is 1. The third-order valence-electron chi connectivity index (χ3n) is 4.17. The van der Waals surface area contributed by atoms with E-state index in [1.807, 2.05) is 30.3 Å². The number of rotatable bonds is 4. The highest BCUT2D eigenvalue weighted by Crippen LogP contribution is 2.28. The second-order valence-corrected chi connectivity index (χ2v) is 6.87. The van der Waals surface area contributed by atoms with Crippen LogP contribution in [0, 0.1) is 0 Å². The summed E-state index contributed by atoms with van der Waals surface area (Å²) in [6.45, 7) is 2.20. The van der Waals surface area contributed by atoms with E-state index in [4.69, 9.17) is 4.74 Å². The van der Waals surface area contributed by atoms with Gasteiger partial charge in [0.25, 0.3) is 0 Å². The van der Waals surface area contributed by atoms with E-state index in [-0.39, 0.29) is 12.5 Å². The maximum absolute atomic E-state index is 12.4. The highest BCUT2D eigenvalue weighted by molar-refractivity contribution is 7.16. The zero-order valence-corrected chi connectivity index (χ0v) is 14.9. The van der Waals surface area contributed by atoms with Crippen LogP contribution in [0.25, 0.3) is 22.3 Å². The third kappa shape index (κ3) is 3.26. The minimum atomic E-state index is -0.134. The fourth-order valence-corrected chi connectivity index (χ4v) is 3.63. The van der Waals surface area contributed by atoms with Crippen molar-refractivity contribution in [3.05, 3.63) is 47.1 Å². The molecule has 0 spiro atoms. The second-order valence-electron chi connectivity index (χ2n) is 5.83. The Labute approximate surface area is 154 Å². The fourth-order valence-electron chi connectivity index (χ4n) is 2.86. The van der Waals surface area contributed by atoms with E-state index in [1.54, 1.807) is 21.6 Å². The fraction of sp³-hybridized carbons (Fsp3) is 0.278. The third-order valence-corrected chi connectivity index (χ3v) is 5.06. The molecule has 1 amide bonds. The van der Waals surface area contributed by atoms with Crippen molar-refractivity contribution >= 4 is 28.3 Å². The summed E-state index contributed by atoms with van der Waals surface area (Å²) in [5.41, 5.74) is 2.44. The molecule has 0 atom stereocenters. The van der Waals surface area contributed by atoms with Gasteiger partial charge in [0.2, 0.25) is 10.9 Å². The lowest BCUT2D eigenvalue weighted by atomic mass is 10.1. The molecule has 1 fully saturated rings. The largest absolute Gasteiger partial charge is 0.389 e. The number of benzene rings is 1. The Hall–Kier alpha value is -2.55. The van der Waals surface area contributed by atoms with E-state index in [0.29, 0.717) is 36.3 Å². The molecule has 1 aromatic carbocycles. The molecule has 0 aliphatic carbocycles. The highest BCUT2D eigenvalue weighted by atomic mass is 32.1. The lowest BCUT2D eigenvalue weighted by Gasteiger charge is -2.25. The Bertz CT molecular complexity index is 942. The number of ether oxygens (including phenoxy) is 1. The first kappa shape index (κ1) is 16.9. The number of morpholine rings is 1.